The third-order valence-corrected chi connectivity index (χ3v) is 3.20. The predicted molar refractivity (Wildman–Crippen MR) is 68.7 cm³/mol. The zero-order valence-corrected chi connectivity index (χ0v) is 9.79. The van der Waals surface area contributed by atoms with Crippen molar-refractivity contribution in [2.75, 3.05) is 5.32 Å². The first-order valence-corrected chi connectivity index (χ1v) is 5.79. The van der Waals surface area contributed by atoms with Crippen LogP contribution in [0.4, 0.5) is 5.69 Å². The van der Waals surface area contributed by atoms with Gasteiger partial charge in [0.1, 0.15) is 0 Å². The van der Waals surface area contributed by atoms with E-state index < -0.39 is 0 Å². The minimum absolute atomic E-state index is 0.0903. The van der Waals surface area contributed by atoms with Crippen LogP contribution in [0.3, 0.4) is 0 Å². The molecular weight excluding hydrogens is 234 g/mol. The smallest absolute Gasteiger partial charge is 0.256 e. The van der Waals surface area contributed by atoms with E-state index in [0.29, 0.717) is 10.6 Å². The molecule has 1 heterocycles. The van der Waals surface area contributed by atoms with Crippen molar-refractivity contribution in [1.82, 2.24) is 0 Å². The topological polar surface area (TPSA) is 29.1 Å². The quantitative estimate of drug-likeness (QED) is 0.754. The van der Waals surface area contributed by atoms with Gasteiger partial charge in [-0.3, -0.25) is 4.79 Å². The Balaban J connectivity index is 2.17. The van der Waals surface area contributed by atoms with Crippen LogP contribution in [0.15, 0.2) is 42.5 Å². The van der Waals surface area contributed by atoms with Crippen LogP contribution in [-0.2, 0) is 6.42 Å². The third-order valence-electron chi connectivity index (χ3n) is 2.96. The number of fused-ring (bicyclic) bond motifs is 2. The van der Waals surface area contributed by atoms with E-state index >= 15 is 0 Å². The fourth-order valence-electron chi connectivity index (χ4n) is 2.11. The molecule has 0 atom stereocenters. The standard InChI is InChI=1S/C14H10ClNO/c15-11-6-5-9-7-10-3-1-2-4-13(10)16-14(17)12(9)8-11/h1-6,8H,7H2,(H,16,17). The first-order chi connectivity index (χ1) is 8.24. The van der Waals surface area contributed by atoms with Gasteiger partial charge in [0, 0.05) is 22.7 Å². The molecule has 1 N–H and O–H groups in total. The van der Waals surface area contributed by atoms with Gasteiger partial charge in [-0.1, -0.05) is 35.9 Å². The number of carbonyl (C=O) groups is 1. The van der Waals surface area contributed by atoms with Gasteiger partial charge < -0.3 is 5.32 Å². The maximum Gasteiger partial charge on any atom is 0.256 e. The van der Waals surface area contributed by atoms with Gasteiger partial charge >= 0.3 is 0 Å². The van der Waals surface area contributed by atoms with Gasteiger partial charge in [-0.25, -0.2) is 0 Å². The number of hydrogen-bond acceptors (Lipinski definition) is 1. The van der Waals surface area contributed by atoms with Crippen LogP contribution >= 0.6 is 11.6 Å². The Kier molecular flexibility index (Phi) is 2.37. The summed E-state index contributed by atoms with van der Waals surface area (Å²) in [6.45, 7) is 0. The van der Waals surface area contributed by atoms with Crippen LogP contribution in [0.2, 0.25) is 5.02 Å². The summed E-state index contributed by atoms with van der Waals surface area (Å²) >= 11 is 5.93. The Morgan fingerprint density at radius 2 is 1.88 bits per heavy atom. The lowest BCUT2D eigenvalue weighted by Crippen LogP contribution is -2.11. The molecular formula is C14H10ClNO. The van der Waals surface area contributed by atoms with Crippen LogP contribution < -0.4 is 5.32 Å². The molecule has 2 aromatic carbocycles. The second kappa shape index (κ2) is 3.90. The molecule has 3 rings (SSSR count). The Labute approximate surface area is 104 Å². The molecule has 0 radical (unpaired) electrons. The second-order valence-corrected chi connectivity index (χ2v) is 4.53. The molecule has 0 saturated carbocycles. The van der Waals surface area contributed by atoms with Gasteiger partial charge in [0.25, 0.3) is 5.91 Å². The van der Waals surface area contributed by atoms with Crippen molar-refractivity contribution in [2.45, 2.75) is 6.42 Å². The molecule has 0 saturated heterocycles. The van der Waals surface area contributed by atoms with Crippen molar-refractivity contribution < 1.29 is 4.79 Å². The van der Waals surface area contributed by atoms with Gasteiger partial charge in [-0.05, 0) is 29.3 Å². The first-order valence-electron chi connectivity index (χ1n) is 5.42. The molecule has 1 aliphatic heterocycles. The Morgan fingerprint density at radius 1 is 1.06 bits per heavy atom. The molecule has 1 aliphatic rings. The van der Waals surface area contributed by atoms with Crippen LogP contribution in [0, 0.1) is 0 Å². The van der Waals surface area contributed by atoms with E-state index in [2.05, 4.69) is 5.32 Å². The normalized spacial score (nSPS) is 13.4. The van der Waals surface area contributed by atoms with Gasteiger partial charge in [-0.2, -0.15) is 0 Å². The first kappa shape index (κ1) is 10.4. The molecule has 0 fully saturated rings. The molecule has 2 nitrogen and oxygen atoms in total. The SMILES string of the molecule is O=C1Nc2ccccc2Cc2ccc(Cl)cc21. The molecule has 0 aromatic heterocycles. The van der Waals surface area contributed by atoms with Crippen molar-refractivity contribution >= 4 is 23.2 Å². The largest absolute Gasteiger partial charge is 0.322 e. The van der Waals surface area contributed by atoms with E-state index in [9.17, 15) is 4.79 Å². The molecule has 3 heteroatoms. The summed E-state index contributed by atoms with van der Waals surface area (Å²) in [6, 6.07) is 13.3. The molecule has 84 valence electrons. The van der Waals surface area contributed by atoms with Gasteiger partial charge in [-0.15, -0.1) is 0 Å². The van der Waals surface area contributed by atoms with Crippen molar-refractivity contribution in [2.24, 2.45) is 0 Å². The molecule has 0 spiro atoms. The average molecular weight is 244 g/mol. The number of nitrogens with one attached hydrogen (secondary N) is 1. The van der Waals surface area contributed by atoms with Crippen LogP contribution in [-0.4, -0.2) is 5.91 Å². The number of anilines is 1. The van der Waals surface area contributed by atoms with Crippen LogP contribution in [0.25, 0.3) is 0 Å². The van der Waals surface area contributed by atoms with E-state index in [1.807, 2.05) is 36.4 Å². The summed E-state index contributed by atoms with van der Waals surface area (Å²) in [5, 5.41) is 3.50. The summed E-state index contributed by atoms with van der Waals surface area (Å²) in [4.78, 5) is 12.1. The highest BCUT2D eigenvalue weighted by Crippen LogP contribution is 2.27. The van der Waals surface area contributed by atoms with Gasteiger partial charge in [0.15, 0.2) is 0 Å². The minimum atomic E-state index is -0.0903. The zero-order valence-electron chi connectivity index (χ0n) is 9.03. The van der Waals surface area contributed by atoms with E-state index in [-0.39, 0.29) is 5.91 Å². The molecule has 0 bridgehead atoms. The van der Waals surface area contributed by atoms with Gasteiger partial charge in [0.2, 0.25) is 0 Å². The van der Waals surface area contributed by atoms with Crippen LogP contribution in [0.5, 0.6) is 0 Å². The molecule has 0 unspecified atom stereocenters. The molecule has 1 amide bonds. The van der Waals surface area contributed by atoms with Crippen molar-refractivity contribution in [3.8, 4) is 0 Å². The minimum Gasteiger partial charge on any atom is -0.322 e. The lowest BCUT2D eigenvalue weighted by atomic mass is 10.0. The summed E-state index contributed by atoms with van der Waals surface area (Å²) in [5.74, 6) is -0.0903. The Morgan fingerprint density at radius 3 is 2.76 bits per heavy atom. The fraction of sp³-hybridized carbons (Fsp3) is 0.0714. The van der Waals surface area contributed by atoms with E-state index in [1.54, 1.807) is 6.07 Å². The summed E-state index contributed by atoms with van der Waals surface area (Å²) in [6.07, 6.45) is 0.751. The number of amides is 1. The Bertz CT molecular complexity index is 607. The maximum absolute atomic E-state index is 12.1. The molecule has 2 aromatic rings. The zero-order chi connectivity index (χ0) is 11.8. The molecule has 0 aliphatic carbocycles. The maximum atomic E-state index is 12.1. The highest BCUT2D eigenvalue weighted by atomic mass is 35.5. The number of rotatable bonds is 0. The second-order valence-electron chi connectivity index (χ2n) is 4.09. The number of halogens is 1. The van der Waals surface area contributed by atoms with Gasteiger partial charge in [0.05, 0.1) is 0 Å². The highest BCUT2D eigenvalue weighted by molar-refractivity contribution is 6.31. The number of carbonyl (C=O) groups excluding carboxylic acids is 1. The molecule has 17 heavy (non-hydrogen) atoms. The fourth-order valence-corrected chi connectivity index (χ4v) is 2.28. The van der Waals surface area contributed by atoms with Crippen LogP contribution in [0.1, 0.15) is 21.5 Å². The summed E-state index contributed by atoms with van der Waals surface area (Å²) < 4.78 is 0. The van der Waals surface area contributed by atoms with E-state index in [0.717, 1.165) is 23.2 Å². The predicted octanol–water partition coefficient (Wildman–Crippen LogP) is 3.50. The van der Waals surface area contributed by atoms with E-state index in [1.165, 1.54) is 0 Å². The summed E-state index contributed by atoms with van der Waals surface area (Å²) in [7, 11) is 0. The highest BCUT2D eigenvalue weighted by Gasteiger charge is 2.18. The lowest BCUT2D eigenvalue weighted by molar-refractivity contribution is 0.102. The number of para-hydroxylation sites is 1. The number of benzene rings is 2. The Hall–Kier alpha value is -1.80. The number of hydrogen-bond donors (Lipinski definition) is 1. The van der Waals surface area contributed by atoms with Crippen molar-refractivity contribution in [3.63, 3.8) is 0 Å². The lowest BCUT2D eigenvalue weighted by Gasteiger charge is -2.04. The average Bonchev–Trinajstić information content (AvgIpc) is 2.46. The van der Waals surface area contributed by atoms with Crippen molar-refractivity contribution in [3.05, 3.63) is 64.2 Å². The summed E-state index contributed by atoms with van der Waals surface area (Å²) in [5.41, 5.74) is 3.68. The van der Waals surface area contributed by atoms with Crippen molar-refractivity contribution in [1.29, 1.82) is 0 Å². The third kappa shape index (κ3) is 1.81. The van der Waals surface area contributed by atoms with E-state index in [4.69, 9.17) is 11.6 Å². The monoisotopic (exact) mass is 243 g/mol.